The standard InChI is InChI=1S/C23H22F2N4/c24-20-7-9-23-18(14-20)6-8-21(27-23)16-29(12-3-11-28-13-10-26-17-28)15-19-4-1-2-5-22(19)25/h1-2,4-10,13-14,17H,3,11-12,15-16H2. The molecule has 0 aliphatic rings. The molecule has 2 heterocycles. The van der Waals surface area contributed by atoms with Gasteiger partial charge in [0.15, 0.2) is 0 Å². The van der Waals surface area contributed by atoms with Gasteiger partial charge in [-0.2, -0.15) is 0 Å². The van der Waals surface area contributed by atoms with Crippen LogP contribution in [0.25, 0.3) is 10.9 Å². The van der Waals surface area contributed by atoms with Gasteiger partial charge >= 0.3 is 0 Å². The van der Waals surface area contributed by atoms with Crippen LogP contribution in [-0.2, 0) is 19.6 Å². The van der Waals surface area contributed by atoms with Crippen molar-refractivity contribution in [3.63, 3.8) is 0 Å². The fourth-order valence-corrected chi connectivity index (χ4v) is 3.43. The third kappa shape index (κ3) is 5.03. The largest absolute Gasteiger partial charge is 0.337 e. The number of hydrogen-bond acceptors (Lipinski definition) is 3. The molecular weight excluding hydrogens is 370 g/mol. The van der Waals surface area contributed by atoms with E-state index < -0.39 is 0 Å². The fourth-order valence-electron chi connectivity index (χ4n) is 3.43. The molecule has 0 amide bonds. The lowest BCUT2D eigenvalue weighted by atomic mass is 10.1. The molecule has 0 aliphatic carbocycles. The summed E-state index contributed by atoms with van der Waals surface area (Å²) in [6, 6.07) is 15.2. The highest BCUT2D eigenvalue weighted by Gasteiger charge is 2.11. The first kappa shape index (κ1) is 19.2. The topological polar surface area (TPSA) is 34.0 Å². The number of nitrogens with zero attached hydrogens (tertiary/aromatic N) is 4. The van der Waals surface area contributed by atoms with Gasteiger partial charge in [-0.25, -0.2) is 13.8 Å². The number of pyridine rings is 1. The Morgan fingerprint density at radius 2 is 1.86 bits per heavy atom. The van der Waals surface area contributed by atoms with Crippen molar-refractivity contribution in [3.05, 3.63) is 96.2 Å². The van der Waals surface area contributed by atoms with Gasteiger partial charge in [0.1, 0.15) is 11.6 Å². The van der Waals surface area contributed by atoms with Crippen molar-refractivity contribution in [2.24, 2.45) is 0 Å². The van der Waals surface area contributed by atoms with Crippen molar-refractivity contribution >= 4 is 10.9 Å². The normalized spacial score (nSPS) is 11.4. The van der Waals surface area contributed by atoms with E-state index in [-0.39, 0.29) is 11.6 Å². The summed E-state index contributed by atoms with van der Waals surface area (Å²) in [5.74, 6) is -0.471. The van der Waals surface area contributed by atoms with Crippen LogP contribution in [0.4, 0.5) is 8.78 Å². The van der Waals surface area contributed by atoms with Crippen LogP contribution in [0.15, 0.2) is 73.3 Å². The summed E-state index contributed by atoms with van der Waals surface area (Å²) in [6.07, 6.45) is 6.40. The highest BCUT2D eigenvalue weighted by atomic mass is 19.1. The molecule has 4 rings (SSSR count). The quantitative estimate of drug-likeness (QED) is 0.432. The molecule has 148 valence electrons. The predicted octanol–water partition coefficient (Wildman–Crippen LogP) is 4.80. The maximum absolute atomic E-state index is 14.2. The molecule has 0 N–H and O–H groups in total. The molecule has 2 aromatic heterocycles. The maximum Gasteiger partial charge on any atom is 0.127 e. The number of rotatable bonds is 8. The fraction of sp³-hybridized carbons (Fsp3) is 0.217. The molecule has 2 aromatic carbocycles. The highest BCUT2D eigenvalue weighted by molar-refractivity contribution is 5.78. The van der Waals surface area contributed by atoms with Crippen molar-refractivity contribution in [2.75, 3.05) is 6.54 Å². The van der Waals surface area contributed by atoms with Crippen LogP contribution in [0.5, 0.6) is 0 Å². The van der Waals surface area contributed by atoms with Crippen molar-refractivity contribution < 1.29 is 8.78 Å². The number of aromatic nitrogens is 3. The van der Waals surface area contributed by atoms with E-state index in [2.05, 4.69) is 14.9 Å². The monoisotopic (exact) mass is 392 g/mol. The molecule has 4 aromatic rings. The van der Waals surface area contributed by atoms with E-state index in [1.165, 1.54) is 18.2 Å². The Morgan fingerprint density at radius 1 is 0.966 bits per heavy atom. The molecule has 0 saturated carbocycles. The van der Waals surface area contributed by atoms with Crippen LogP contribution < -0.4 is 0 Å². The van der Waals surface area contributed by atoms with Gasteiger partial charge in [0.25, 0.3) is 0 Å². The summed E-state index contributed by atoms with van der Waals surface area (Å²) in [5, 5.41) is 0.773. The summed E-state index contributed by atoms with van der Waals surface area (Å²) in [5.41, 5.74) is 2.30. The first-order valence-corrected chi connectivity index (χ1v) is 9.64. The van der Waals surface area contributed by atoms with Crippen LogP contribution in [0.2, 0.25) is 0 Å². The Morgan fingerprint density at radius 3 is 2.69 bits per heavy atom. The van der Waals surface area contributed by atoms with Gasteiger partial charge in [0, 0.05) is 49.5 Å². The molecule has 4 nitrogen and oxygen atoms in total. The second-order valence-electron chi connectivity index (χ2n) is 7.10. The second-order valence-corrected chi connectivity index (χ2v) is 7.10. The van der Waals surface area contributed by atoms with Gasteiger partial charge in [-0.1, -0.05) is 24.3 Å². The first-order valence-electron chi connectivity index (χ1n) is 9.64. The number of imidazole rings is 1. The van der Waals surface area contributed by atoms with Gasteiger partial charge < -0.3 is 4.57 Å². The van der Waals surface area contributed by atoms with E-state index in [4.69, 9.17) is 0 Å². The van der Waals surface area contributed by atoms with Gasteiger partial charge in [0.2, 0.25) is 0 Å². The summed E-state index contributed by atoms with van der Waals surface area (Å²) in [6.45, 7) is 2.72. The van der Waals surface area contributed by atoms with Gasteiger partial charge in [-0.15, -0.1) is 0 Å². The Hall–Kier alpha value is -3.12. The van der Waals surface area contributed by atoms with E-state index in [0.29, 0.717) is 18.7 Å². The lowest BCUT2D eigenvalue weighted by molar-refractivity contribution is 0.242. The van der Waals surface area contributed by atoms with Crippen molar-refractivity contribution in [3.8, 4) is 0 Å². The number of halogens is 2. The predicted molar refractivity (Wildman–Crippen MR) is 109 cm³/mol. The Bertz CT molecular complexity index is 1080. The zero-order valence-corrected chi connectivity index (χ0v) is 16.0. The summed E-state index contributed by atoms with van der Waals surface area (Å²) >= 11 is 0. The third-order valence-electron chi connectivity index (χ3n) is 4.90. The Kier molecular flexibility index (Phi) is 5.91. The molecule has 0 saturated heterocycles. The molecule has 29 heavy (non-hydrogen) atoms. The molecule has 0 fully saturated rings. The van der Waals surface area contributed by atoms with Crippen molar-refractivity contribution in [1.82, 2.24) is 19.4 Å². The second kappa shape index (κ2) is 8.92. The molecule has 0 unspecified atom stereocenters. The molecule has 0 radical (unpaired) electrons. The molecule has 0 atom stereocenters. The lowest BCUT2D eigenvalue weighted by Crippen LogP contribution is -2.26. The van der Waals surface area contributed by atoms with E-state index in [1.807, 2.05) is 35.0 Å². The van der Waals surface area contributed by atoms with Gasteiger partial charge in [-0.3, -0.25) is 9.88 Å². The summed E-state index contributed by atoms with van der Waals surface area (Å²) in [7, 11) is 0. The minimum absolute atomic E-state index is 0.200. The van der Waals surface area contributed by atoms with Crippen molar-refractivity contribution in [1.29, 1.82) is 0 Å². The average molecular weight is 392 g/mol. The van der Waals surface area contributed by atoms with E-state index >= 15 is 0 Å². The SMILES string of the molecule is Fc1ccc2nc(CN(CCCn3ccnc3)Cc3ccccc3F)ccc2c1. The highest BCUT2D eigenvalue weighted by Crippen LogP contribution is 2.17. The molecule has 0 bridgehead atoms. The van der Waals surface area contributed by atoms with E-state index in [9.17, 15) is 8.78 Å². The van der Waals surface area contributed by atoms with Crippen LogP contribution in [0, 0.1) is 11.6 Å². The van der Waals surface area contributed by atoms with Gasteiger partial charge in [0.05, 0.1) is 17.5 Å². The third-order valence-corrected chi connectivity index (χ3v) is 4.90. The smallest absolute Gasteiger partial charge is 0.127 e. The molecule has 0 spiro atoms. The maximum atomic E-state index is 14.2. The first-order chi connectivity index (χ1) is 14.2. The number of benzene rings is 2. The van der Waals surface area contributed by atoms with Gasteiger partial charge in [-0.05, 0) is 36.8 Å². The zero-order chi connectivity index (χ0) is 20.1. The Balaban J connectivity index is 1.50. The minimum atomic E-state index is -0.271. The number of hydrogen-bond donors (Lipinski definition) is 0. The van der Waals surface area contributed by atoms with Crippen LogP contribution >= 0.6 is 0 Å². The molecular formula is C23H22F2N4. The zero-order valence-electron chi connectivity index (χ0n) is 16.0. The number of aryl methyl sites for hydroxylation is 1. The number of fused-ring (bicyclic) bond motifs is 1. The lowest BCUT2D eigenvalue weighted by Gasteiger charge is -2.22. The minimum Gasteiger partial charge on any atom is -0.337 e. The van der Waals surface area contributed by atoms with E-state index in [0.717, 1.165) is 36.1 Å². The van der Waals surface area contributed by atoms with Crippen LogP contribution in [0.3, 0.4) is 0 Å². The van der Waals surface area contributed by atoms with E-state index in [1.54, 1.807) is 24.7 Å². The summed E-state index contributed by atoms with van der Waals surface area (Å²) < 4.78 is 29.6. The van der Waals surface area contributed by atoms with Crippen LogP contribution in [0.1, 0.15) is 17.7 Å². The van der Waals surface area contributed by atoms with Crippen LogP contribution in [-0.4, -0.2) is 26.0 Å². The Labute approximate surface area is 168 Å². The molecule has 0 aliphatic heterocycles. The van der Waals surface area contributed by atoms with Crippen molar-refractivity contribution in [2.45, 2.75) is 26.1 Å². The average Bonchev–Trinajstić information content (AvgIpc) is 3.23. The molecule has 6 heteroatoms. The summed E-state index contributed by atoms with van der Waals surface area (Å²) in [4.78, 5) is 10.9.